The number of fused-ring (bicyclic) bond motifs is 7. The van der Waals surface area contributed by atoms with Gasteiger partial charge < -0.3 is 9.80 Å². The van der Waals surface area contributed by atoms with E-state index >= 15 is 0 Å². The first-order valence-corrected chi connectivity index (χ1v) is 28.9. The van der Waals surface area contributed by atoms with Crippen LogP contribution in [0.15, 0.2) is 158 Å². The van der Waals surface area contributed by atoms with Gasteiger partial charge in [-0.25, -0.2) is 0 Å². The molecule has 0 amide bonds. The predicted octanol–water partition coefficient (Wildman–Crippen LogP) is 21.9. The molecule has 2 nitrogen and oxygen atoms in total. The van der Waals surface area contributed by atoms with Crippen molar-refractivity contribution in [2.45, 2.75) is 169 Å². The average molecular weight is 975 g/mol. The molecule has 10 rings (SSSR count). The van der Waals surface area contributed by atoms with Crippen molar-refractivity contribution in [1.82, 2.24) is 0 Å². The molecular weight excluding hydrogens is 893 g/mol. The zero-order chi connectivity index (χ0) is 51.4. The van der Waals surface area contributed by atoms with Crippen LogP contribution in [0.25, 0.3) is 33.0 Å². The first kappa shape index (κ1) is 51.1. The maximum absolute atomic E-state index is 2.69. The Balaban J connectivity index is 1.18. The van der Waals surface area contributed by atoms with Gasteiger partial charge in [0.25, 0.3) is 0 Å². The lowest BCUT2D eigenvalue weighted by Gasteiger charge is -2.35. The number of hydrogen-bond acceptors (Lipinski definition) is 2. The number of hydrogen-bond donors (Lipinski definition) is 0. The normalized spacial score (nSPS) is 13.7. The summed E-state index contributed by atoms with van der Waals surface area (Å²) in [5.41, 5.74) is 24.2. The highest BCUT2D eigenvalue weighted by Crippen LogP contribution is 2.60. The molecule has 0 saturated heterocycles. The highest BCUT2D eigenvalue weighted by Gasteiger charge is 2.45. The van der Waals surface area contributed by atoms with E-state index in [1.807, 2.05) is 0 Å². The topological polar surface area (TPSA) is 6.48 Å². The van der Waals surface area contributed by atoms with Gasteiger partial charge in [0.1, 0.15) is 0 Å². The van der Waals surface area contributed by atoms with E-state index < -0.39 is 0 Å². The highest BCUT2D eigenvalue weighted by atomic mass is 15.1. The van der Waals surface area contributed by atoms with E-state index in [9.17, 15) is 0 Å². The molecule has 380 valence electrons. The van der Waals surface area contributed by atoms with Gasteiger partial charge in [0.15, 0.2) is 0 Å². The van der Waals surface area contributed by atoms with Crippen LogP contribution in [0.2, 0.25) is 0 Å². The largest absolute Gasteiger partial charge is 0.310 e. The van der Waals surface area contributed by atoms with Gasteiger partial charge >= 0.3 is 0 Å². The lowest BCUT2D eigenvalue weighted by Crippen LogP contribution is -2.26. The van der Waals surface area contributed by atoms with Gasteiger partial charge in [-0.05, 0) is 206 Å². The lowest BCUT2D eigenvalue weighted by molar-refractivity contribution is 0.405. The molecule has 8 aromatic rings. The van der Waals surface area contributed by atoms with Crippen LogP contribution >= 0.6 is 0 Å². The molecule has 0 unspecified atom stereocenters. The summed E-state index contributed by atoms with van der Waals surface area (Å²) < 4.78 is 0. The van der Waals surface area contributed by atoms with Crippen molar-refractivity contribution in [3.8, 4) is 22.3 Å². The maximum Gasteiger partial charge on any atom is 0.0465 e. The van der Waals surface area contributed by atoms with Crippen LogP contribution in [-0.2, 0) is 10.8 Å². The molecule has 0 aliphatic heterocycles. The number of benzene rings is 8. The molecule has 0 spiro atoms. The van der Waals surface area contributed by atoms with E-state index in [-0.39, 0.29) is 10.8 Å². The first-order valence-electron chi connectivity index (χ1n) is 28.9. The summed E-state index contributed by atoms with van der Waals surface area (Å²) in [5, 5.41) is 2.78. The van der Waals surface area contributed by atoms with Gasteiger partial charge in [0.2, 0.25) is 0 Å². The Hall–Kier alpha value is -6.38. The monoisotopic (exact) mass is 975 g/mol. The molecule has 0 radical (unpaired) electrons. The maximum atomic E-state index is 2.69. The number of nitrogens with zero attached hydrogens (tertiary/aromatic N) is 2. The minimum absolute atomic E-state index is 0.0727. The number of aryl methyl sites for hydroxylation is 4. The van der Waals surface area contributed by atoms with E-state index in [0.29, 0.717) is 0 Å². The Morgan fingerprint density at radius 2 is 0.527 bits per heavy atom. The second kappa shape index (κ2) is 22.2. The van der Waals surface area contributed by atoms with Crippen molar-refractivity contribution in [3.63, 3.8) is 0 Å². The smallest absolute Gasteiger partial charge is 0.0465 e. The molecule has 0 atom stereocenters. The Morgan fingerprint density at radius 3 is 0.797 bits per heavy atom. The summed E-state index contributed by atoms with van der Waals surface area (Å²) in [4.78, 5) is 4.98. The summed E-state index contributed by atoms with van der Waals surface area (Å²) >= 11 is 0. The molecule has 0 bridgehead atoms. The molecule has 2 aliphatic rings. The van der Waals surface area contributed by atoms with E-state index in [2.05, 4.69) is 223 Å². The predicted molar refractivity (Wildman–Crippen MR) is 321 cm³/mol. The Labute approximate surface area is 445 Å². The van der Waals surface area contributed by atoms with E-state index in [4.69, 9.17) is 0 Å². The fourth-order valence-electron chi connectivity index (χ4n) is 13.2. The SMILES string of the molecule is CCCCCC1(CCCCC)c2cc(N(c3ccc(C)cc3)c3ccc(C)cc3)ccc2-c2cc3cc4c(cc3cc21)-c1ccc(N(c2ccc(C)cc2)c2ccc(C)cc2)cc1C4(CCCCC)CCCCC. The number of anilines is 6. The van der Waals surface area contributed by atoms with Gasteiger partial charge in [-0.15, -0.1) is 0 Å². The zero-order valence-corrected chi connectivity index (χ0v) is 46.2. The second-order valence-corrected chi connectivity index (χ2v) is 22.6. The molecule has 2 aliphatic carbocycles. The Bertz CT molecular complexity index is 2860. The molecule has 74 heavy (non-hydrogen) atoms. The van der Waals surface area contributed by atoms with Crippen molar-refractivity contribution in [2.75, 3.05) is 9.80 Å². The number of rotatable bonds is 22. The molecule has 0 saturated carbocycles. The minimum atomic E-state index is -0.0727. The molecule has 8 aromatic carbocycles. The third kappa shape index (κ3) is 9.75. The van der Waals surface area contributed by atoms with Crippen LogP contribution in [0.3, 0.4) is 0 Å². The quantitative estimate of drug-likeness (QED) is 0.0625. The van der Waals surface area contributed by atoms with Crippen molar-refractivity contribution in [2.24, 2.45) is 0 Å². The Kier molecular flexibility index (Phi) is 15.4. The van der Waals surface area contributed by atoms with Gasteiger partial charge in [-0.3, -0.25) is 0 Å². The van der Waals surface area contributed by atoms with Crippen molar-refractivity contribution < 1.29 is 0 Å². The summed E-state index contributed by atoms with van der Waals surface area (Å²) in [7, 11) is 0. The van der Waals surface area contributed by atoms with Crippen molar-refractivity contribution in [3.05, 3.63) is 202 Å². The van der Waals surface area contributed by atoms with Gasteiger partial charge in [-0.1, -0.05) is 188 Å². The fraction of sp³-hybridized carbons (Fsp3) is 0.361. The van der Waals surface area contributed by atoms with Crippen molar-refractivity contribution in [1.29, 1.82) is 0 Å². The van der Waals surface area contributed by atoms with Crippen molar-refractivity contribution >= 4 is 44.9 Å². The van der Waals surface area contributed by atoms with Crippen LogP contribution in [0.1, 0.15) is 175 Å². The zero-order valence-electron chi connectivity index (χ0n) is 46.2. The molecule has 2 heteroatoms. The molecule has 0 fully saturated rings. The fourth-order valence-corrected chi connectivity index (χ4v) is 13.2. The summed E-state index contributed by atoms with van der Waals surface area (Å²) in [6.45, 7) is 18.2. The standard InChI is InChI=1S/C72H82N2/c1-9-13-17-41-71(42-18-14-10-2)67-47-55-46-66-64-40-38-62(74(59-33-25-53(7)26-34-59)60-35-27-54(8)28-36-60)50-70(64)72(43-19-15-11-3,44-20-16-12-4)68(66)48-56(55)45-65(67)63-39-37-61(49-69(63)71)73(57-29-21-51(5)22-30-57)58-31-23-52(6)24-32-58/h21-40,45-50H,9-20,41-44H2,1-8H3. The summed E-state index contributed by atoms with van der Waals surface area (Å²) in [6, 6.07) is 62.2. The van der Waals surface area contributed by atoms with Gasteiger partial charge in [0, 0.05) is 45.0 Å². The third-order valence-corrected chi connectivity index (χ3v) is 17.3. The van der Waals surface area contributed by atoms with Crippen LogP contribution in [-0.4, -0.2) is 0 Å². The van der Waals surface area contributed by atoms with Crippen LogP contribution < -0.4 is 9.80 Å². The minimum Gasteiger partial charge on any atom is -0.310 e. The molecule has 0 N–H and O–H groups in total. The average Bonchev–Trinajstić information content (AvgIpc) is 3.82. The highest BCUT2D eigenvalue weighted by molar-refractivity contribution is 6.00. The second-order valence-electron chi connectivity index (χ2n) is 22.6. The molecule has 0 aromatic heterocycles. The summed E-state index contributed by atoms with van der Waals surface area (Å²) in [5.74, 6) is 0. The van der Waals surface area contributed by atoms with Gasteiger partial charge in [0.05, 0.1) is 0 Å². The van der Waals surface area contributed by atoms with E-state index in [1.54, 1.807) is 11.1 Å². The molecular formula is C72H82N2. The van der Waals surface area contributed by atoms with E-state index in [0.717, 1.165) is 0 Å². The van der Waals surface area contributed by atoms with Crippen LogP contribution in [0.4, 0.5) is 34.1 Å². The molecule has 0 heterocycles. The number of unbranched alkanes of at least 4 members (excludes halogenated alkanes) is 8. The van der Waals surface area contributed by atoms with Crippen LogP contribution in [0.5, 0.6) is 0 Å². The lowest BCUT2D eigenvalue weighted by atomic mass is 9.69. The Morgan fingerprint density at radius 1 is 0.270 bits per heavy atom. The first-order chi connectivity index (χ1) is 36.1. The third-order valence-electron chi connectivity index (χ3n) is 17.3. The van der Waals surface area contributed by atoms with E-state index in [1.165, 1.54) is 203 Å². The van der Waals surface area contributed by atoms with Crippen LogP contribution in [0, 0.1) is 27.7 Å². The van der Waals surface area contributed by atoms with Gasteiger partial charge in [-0.2, -0.15) is 0 Å². The summed E-state index contributed by atoms with van der Waals surface area (Å²) in [6.07, 6.45) is 19.5.